The fourth-order valence-electron chi connectivity index (χ4n) is 2.59. The van der Waals surface area contributed by atoms with Crippen LogP contribution in [0.2, 0.25) is 0 Å². The molecule has 0 spiro atoms. The highest BCUT2D eigenvalue weighted by atomic mass is 19.1. The zero-order chi connectivity index (χ0) is 14.4. The molecule has 0 bridgehead atoms. The minimum absolute atomic E-state index is 0.0521. The van der Waals surface area contributed by atoms with Gasteiger partial charge in [-0.15, -0.1) is 0 Å². The summed E-state index contributed by atoms with van der Waals surface area (Å²) in [5.74, 6) is -0.200. The Balaban J connectivity index is 1.82. The van der Waals surface area contributed by atoms with E-state index in [1.54, 1.807) is 12.1 Å². The number of carbonyl (C=O) groups excluding carboxylic acids is 1. The number of nitrogens with zero attached hydrogens (tertiary/aromatic N) is 1. The van der Waals surface area contributed by atoms with Gasteiger partial charge in [-0.25, -0.2) is 4.39 Å². The first kappa shape index (κ1) is 15.0. The predicted octanol–water partition coefficient (Wildman–Crippen LogP) is 2.71. The highest BCUT2D eigenvalue weighted by Crippen LogP contribution is 2.12. The van der Waals surface area contributed by atoms with Crippen LogP contribution in [0, 0.1) is 5.82 Å². The normalized spacial score (nSPS) is 18.3. The molecule has 0 radical (unpaired) electrons. The molecule has 0 saturated carbocycles. The van der Waals surface area contributed by atoms with E-state index in [0.29, 0.717) is 6.54 Å². The van der Waals surface area contributed by atoms with E-state index in [9.17, 15) is 9.18 Å². The van der Waals surface area contributed by atoms with E-state index in [2.05, 4.69) is 10.2 Å². The standard InChI is InChI=1S/C16H23FN2O/c1-13(19-10-4-2-3-5-11-19)16(20)18-12-14-6-8-15(17)9-7-14/h6-9,13H,2-5,10-12H2,1H3,(H,18,20). The Morgan fingerprint density at radius 3 is 2.40 bits per heavy atom. The van der Waals surface area contributed by atoms with Crippen molar-refractivity contribution in [1.29, 1.82) is 0 Å². The van der Waals surface area contributed by atoms with Gasteiger partial charge >= 0.3 is 0 Å². The van der Waals surface area contributed by atoms with Crippen molar-refractivity contribution in [2.45, 2.75) is 45.2 Å². The molecule has 1 heterocycles. The molecule has 1 aliphatic rings. The Morgan fingerprint density at radius 1 is 1.20 bits per heavy atom. The maximum atomic E-state index is 12.8. The number of hydrogen-bond donors (Lipinski definition) is 1. The number of nitrogens with one attached hydrogen (secondary N) is 1. The van der Waals surface area contributed by atoms with E-state index in [4.69, 9.17) is 0 Å². The first-order valence-corrected chi connectivity index (χ1v) is 7.43. The van der Waals surface area contributed by atoms with Gasteiger partial charge < -0.3 is 5.32 Å². The molecule has 20 heavy (non-hydrogen) atoms. The SMILES string of the molecule is CC(C(=O)NCc1ccc(F)cc1)N1CCCCCC1. The molecule has 1 aromatic rings. The van der Waals surface area contributed by atoms with Crippen molar-refractivity contribution in [3.8, 4) is 0 Å². The molecule has 110 valence electrons. The van der Waals surface area contributed by atoms with Crippen molar-refractivity contribution < 1.29 is 9.18 Å². The molecule has 1 amide bonds. The average molecular weight is 278 g/mol. The zero-order valence-corrected chi connectivity index (χ0v) is 12.1. The number of amides is 1. The van der Waals surface area contributed by atoms with Crippen LogP contribution in [-0.4, -0.2) is 29.9 Å². The Morgan fingerprint density at radius 2 is 1.80 bits per heavy atom. The van der Waals surface area contributed by atoms with Crippen LogP contribution in [0.1, 0.15) is 38.2 Å². The largest absolute Gasteiger partial charge is 0.351 e. The average Bonchev–Trinajstić information content (AvgIpc) is 2.74. The fraction of sp³-hybridized carbons (Fsp3) is 0.562. The second kappa shape index (κ2) is 7.39. The van der Waals surface area contributed by atoms with Gasteiger partial charge in [-0.2, -0.15) is 0 Å². The van der Waals surface area contributed by atoms with Crippen molar-refractivity contribution >= 4 is 5.91 Å². The summed E-state index contributed by atoms with van der Waals surface area (Å²) >= 11 is 0. The van der Waals surface area contributed by atoms with Crippen molar-refractivity contribution in [3.63, 3.8) is 0 Å². The number of halogens is 1. The molecule has 3 nitrogen and oxygen atoms in total. The van der Waals surface area contributed by atoms with E-state index in [0.717, 1.165) is 18.7 Å². The second-order valence-electron chi connectivity index (χ2n) is 5.47. The Bertz CT molecular complexity index is 425. The highest BCUT2D eigenvalue weighted by molar-refractivity contribution is 5.81. The lowest BCUT2D eigenvalue weighted by Crippen LogP contribution is -2.45. The molecular weight excluding hydrogens is 255 g/mol. The number of rotatable bonds is 4. The van der Waals surface area contributed by atoms with E-state index in [1.807, 2.05) is 6.92 Å². The molecule has 0 aromatic heterocycles. The lowest BCUT2D eigenvalue weighted by Gasteiger charge is -2.26. The lowest BCUT2D eigenvalue weighted by molar-refractivity contribution is -0.126. The molecule has 4 heteroatoms. The van der Waals surface area contributed by atoms with Crippen LogP contribution in [0.15, 0.2) is 24.3 Å². The fourth-order valence-corrected chi connectivity index (χ4v) is 2.59. The maximum absolute atomic E-state index is 12.8. The Labute approximate surface area is 120 Å². The summed E-state index contributed by atoms with van der Waals surface area (Å²) in [4.78, 5) is 14.4. The number of likely N-dealkylation sites (tertiary alicyclic amines) is 1. The molecule has 1 saturated heterocycles. The summed E-state index contributed by atoms with van der Waals surface area (Å²) in [5, 5.41) is 2.93. The van der Waals surface area contributed by atoms with E-state index < -0.39 is 0 Å². The Hall–Kier alpha value is -1.42. The van der Waals surface area contributed by atoms with Crippen molar-refractivity contribution in [3.05, 3.63) is 35.6 Å². The van der Waals surface area contributed by atoms with Crippen molar-refractivity contribution in [2.75, 3.05) is 13.1 Å². The van der Waals surface area contributed by atoms with Crippen LogP contribution in [0.4, 0.5) is 4.39 Å². The molecule has 1 fully saturated rings. The third-order valence-corrected chi connectivity index (χ3v) is 3.95. The number of carbonyl (C=O) groups is 1. The number of hydrogen-bond acceptors (Lipinski definition) is 2. The van der Waals surface area contributed by atoms with E-state index >= 15 is 0 Å². The summed E-state index contributed by atoms with van der Waals surface area (Å²) in [6.45, 7) is 4.43. The topological polar surface area (TPSA) is 32.3 Å². The van der Waals surface area contributed by atoms with Gasteiger partial charge in [0.1, 0.15) is 5.82 Å². The molecule has 1 unspecified atom stereocenters. The van der Waals surface area contributed by atoms with E-state index in [1.165, 1.54) is 37.8 Å². The summed E-state index contributed by atoms with van der Waals surface area (Å²) in [7, 11) is 0. The molecule has 1 N–H and O–H groups in total. The third kappa shape index (κ3) is 4.30. The minimum Gasteiger partial charge on any atom is -0.351 e. The molecule has 2 rings (SSSR count). The third-order valence-electron chi connectivity index (χ3n) is 3.95. The maximum Gasteiger partial charge on any atom is 0.237 e. The minimum atomic E-state index is -0.252. The van der Waals surface area contributed by atoms with Gasteiger partial charge in [0.25, 0.3) is 0 Å². The van der Waals surface area contributed by atoms with Gasteiger partial charge in [-0.3, -0.25) is 9.69 Å². The highest BCUT2D eigenvalue weighted by Gasteiger charge is 2.21. The van der Waals surface area contributed by atoms with Gasteiger partial charge in [-0.1, -0.05) is 25.0 Å². The summed E-state index contributed by atoms with van der Waals surface area (Å²) < 4.78 is 12.8. The zero-order valence-electron chi connectivity index (χ0n) is 12.1. The smallest absolute Gasteiger partial charge is 0.237 e. The van der Waals surface area contributed by atoms with Gasteiger partial charge in [0.15, 0.2) is 0 Å². The summed E-state index contributed by atoms with van der Waals surface area (Å²) in [5.41, 5.74) is 0.919. The van der Waals surface area contributed by atoms with Crippen LogP contribution in [0.25, 0.3) is 0 Å². The van der Waals surface area contributed by atoms with Gasteiger partial charge in [0.05, 0.1) is 6.04 Å². The molecule has 1 atom stereocenters. The summed E-state index contributed by atoms with van der Waals surface area (Å²) in [6.07, 6.45) is 4.88. The van der Waals surface area contributed by atoms with Crippen LogP contribution in [0.5, 0.6) is 0 Å². The van der Waals surface area contributed by atoms with Gasteiger partial charge in [-0.05, 0) is 50.6 Å². The van der Waals surface area contributed by atoms with Crippen LogP contribution >= 0.6 is 0 Å². The van der Waals surface area contributed by atoms with Crippen LogP contribution in [-0.2, 0) is 11.3 Å². The van der Waals surface area contributed by atoms with Crippen LogP contribution < -0.4 is 5.32 Å². The second-order valence-corrected chi connectivity index (χ2v) is 5.47. The van der Waals surface area contributed by atoms with Gasteiger partial charge in [0, 0.05) is 6.54 Å². The molecule has 1 aromatic carbocycles. The van der Waals surface area contributed by atoms with Crippen LogP contribution in [0.3, 0.4) is 0 Å². The molecule has 0 aliphatic carbocycles. The first-order chi connectivity index (χ1) is 9.66. The van der Waals surface area contributed by atoms with Crippen molar-refractivity contribution in [2.24, 2.45) is 0 Å². The monoisotopic (exact) mass is 278 g/mol. The molecule has 1 aliphatic heterocycles. The lowest BCUT2D eigenvalue weighted by atomic mass is 10.2. The van der Waals surface area contributed by atoms with Crippen molar-refractivity contribution in [1.82, 2.24) is 10.2 Å². The summed E-state index contributed by atoms with van der Waals surface area (Å²) in [6, 6.07) is 6.14. The predicted molar refractivity (Wildman–Crippen MR) is 77.7 cm³/mol. The number of benzene rings is 1. The Kier molecular flexibility index (Phi) is 5.53. The first-order valence-electron chi connectivity index (χ1n) is 7.43. The van der Waals surface area contributed by atoms with Gasteiger partial charge in [0.2, 0.25) is 5.91 Å². The van der Waals surface area contributed by atoms with E-state index in [-0.39, 0.29) is 17.8 Å². The quantitative estimate of drug-likeness (QED) is 0.918. The molecular formula is C16H23FN2O.